The second-order valence-corrected chi connectivity index (χ2v) is 2.76. The molecular weight excluding hydrogens is 196 g/mol. The highest BCUT2D eigenvalue weighted by molar-refractivity contribution is 5.87. The van der Waals surface area contributed by atoms with Crippen LogP contribution in [0.1, 0.15) is 27.2 Å². The fraction of sp³-hybridized carbons (Fsp3) is 0.455. The largest absolute Gasteiger partial charge is 0.513 e. The average Bonchev–Trinajstić information content (AvgIpc) is 2.26. The second kappa shape index (κ2) is 6.81. The zero-order valence-electron chi connectivity index (χ0n) is 9.20. The molecule has 84 valence electrons. The Morgan fingerprint density at radius 2 is 2.07 bits per heavy atom. The van der Waals surface area contributed by atoms with Crippen LogP contribution in [0.5, 0.6) is 0 Å². The van der Waals surface area contributed by atoms with Crippen molar-refractivity contribution in [3.05, 3.63) is 24.3 Å². The molecule has 0 aliphatic heterocycles. The van der Waals surface area contributed by atoms with Gasteiger partial charge < -0.3 is 14.3 Å². The van der Waals surface area contributed by atoms with Crippen LogP contribution in [-0.2, 0) is 19.1 Å². The number of ether oxygens (including phenoxy) is 2. The van der Waals surface area contributed by atoms with E-state index in [0.29, 0.717) is 12.0 Å². The summed E-state index contributed by atoms with van der Waals surface area (Å²) in [6.45, 7) is 8.16. The van der Waals surface area contributed by atoms with Gasteiger partial charge in [0.15, 0.2) is 5.97 Å². The van der Waals surface area contributed by atoms with Gasteiger partial charge in [-0.15, -0.1) is 12.5 Å². The van der Waals surface area contributed by atoms with Gasteiger partial charge >= 0.3 is 5.97 Å². The SMILES string of the molecule is C=CC(=O)OC(CC)OC(=O)C(C)=[C-]C. The summed E-state index contributed by atoms with van der Waals surface area (Å²) in [7, 11) is 0. The van der Waals surface area contributed by atoms with Gasteiger partial charge in [0.25, 0.3) is 0 Å². The predicted molar refractivity (Wildman–Crippen MR) is 54.6 cm³/mol. The van der Waals surface area contributed by atoms with Crippen LogP contribution < -0.4 is 0 Å². The summed E-state index contributed by atoms with van der Waals surface area (Å²) >= 11 is 0. The lowest BCUT2D eigenvalue weighted by Crippen LogP contribution is -2.23. The van der Waals surface area contributed by atoms with Crippen molar-refractivity contribution in [2.75, 3.05) is 0 Å². The summed E-state index contributed by atoms with van der Waals surface area (Å²) in [6.07, 6.45) is 3.18. The smallest absolute Gasteiger partial charge is 0.333 e. The molecule has 0 aliphatic carbocycles. The van der Waals surface area contributed by atoms with Gasteiger partial charge in [-0.05, 0) is 0 Å². The van der Waals surface area contributed by atoms with E-state index in [-0.39, 0.29) is 0 Å². The third kappa shape index (κ3) is 5.00. The Morgan fingerprint density at radius 1 is 1.47 bits per heavy atom. The third-order valence-electron chi connectivity index (χ3n) is 1.67. The first kappa shape index (κ1) is 13.4. The van der Waals surface area contributed by atoms with Crippen LogP contribution in [0.15, 0.2) is 18.2 Å². The minimum atomic E-state index is -0.869. The summed E-state index contributed by atoms with van der Waals surface area (Å²) in [4.78, 5) is 22.1. The first-order chi connectivity index (χ1) is 7.04. The first-order valence-corrected chi connectivity index (χ1v) is 4.60. The van der Waals surface area contributed by atoms with Gasteiger partial charge in [-0.25, -0.2) is 4.79 Å². The maximum absolute atomic E-state index is 11.3. The Kier molecular flexibility index (Phi) is 6.09. The van der Waals surface area contributed by atoms with E-state index in [1.54, 1.807) is 20.8 Å². The standard InChI is InChI=1S/C11H15O4/c1-5-8(4)11(13)15-10(7-3)14-9(12)6-2/h6,10H,2,7H2,1,3-4H3/q-1. The Bertz CT molecular complexity index is 278. The molecule has 4 heteroatoms. The van der Waals surface area contributed by atoms with Gasteiger partial charge in [0.05, 0.1) is 0 Å². The molecule has 0 aliphatic rings. The lowest BCUT2D eigenvalue weighted by atomic mass is 10.3. The number of hydrogen-bond donors (Lipinski definition) is 0. The van der Waals surface area contributed by atoms with Crippen LogP contribution >= 0.6 is 0 Å². The Hall–Kier alpha value is -1.58. The number of rotatable bonds is 5. The van der Waals surface area contributed by atoms with E-state index in [4.69, 9.17) is 9.47 Å². The highest BCUT2D eigenvalue weighted by Crippen LogP contribution is 2.05. The molecule has 0 saturated heterocycles. The molecule has 0 saturated carbocycles. The maximum Gasteiger partial charge on any atom is 0.333 e. The molecule has 0 radical (unpaired) electrons. The normalized spacial score (nSPS) is 12.9. The molecule has 0 bridgehead atoms. The van der Waals surface area contributed by atoms with Gasteiger partial charge in [0, 0.05) is 12.5 Å². The molecule has 15 heavy (non-hydrogen) atoms. The minimum absolute atomic E-state index is 0.350. The van der Waals surface area contributed by atoms with Gasteiger partial charge in [-0.3, -0.25) is 6.08 Å². The van der Waals surface area contributed by atoms with Crippen molar-refractivity contribution in [1.29, 1.82) is 0 Å². The predicted octanol–water partition coefficient (Wildman–Crippen LogP) is 1.76. The summed E-state index contributed by atoms with van der Waals surface area (Å²) < 4.78 is 9.67. The summed E-state index contributed by atoms with van der Waals surface area (Å²) in [5, 5.41) is 0. The molecule has 0 heterocycles. The van der Waals surface area contributed by atoms with Crippen molar-refractivity contribution in [2.24, 2.45) is 0 Å². The topological polar surface area (TPSA) is 52.6 Å². The monoisotopic (exact) mass is 211 g/mol. The van der Waals surface area contributed by atoms with Crippen molar-refractivity contribution in [2.45, 2.75) is 33.5 Å². The fourth-order valence-corrected chi connectivity index (χ4v) is 0.678. The molecule has 0 amide bonds. The number of carbonyl (C=O) groups is 2. The van der Waals surface area contributed by atoms with E-state index in [1.807, 2.05) is 0 Å². The molecule has 0 aromatic rings. The Labute approximate surface area is 89.6 Å². The Morgan fingerprint density at radius 3 is 2.47 bits per heavy atom. The van der Waals surface area contributed by atoms with Crippen LogP contribution in [0, 0.1) is 6.08 Å². The van der Waals surface area contributed by atoms with E-state index in [9.17, 15) is 9.59 Å². The zero-order valence-corrected chi connectivity index (χ0v) is 9.20. The Balaban J connectivity index is 4.27. The highest BCUT2D eigenvalue weighted by Gasteiger charge is 2.11. The average molecular weight is 211 g/mol. The summed E-state index contributed by atoms with van der Waals surface area (Å²) in [5.74, 6) is -1.15. The quantitative estimate of drug-likeness (QED) is 0.301. The fourth-order valence-electron chi connectivity index (χ4n) is 0.678. The van der Waals surface area contributed by atoms with Gasteiger partial charge in [0.2, 0.25) is 6.29 Å². The van der Waals surface area contributed by atoms with E-state index in [1.165, 1.54) is 0 Å². The second-order valence-electron chi connectivity index (χ2n) is 2.76. The molecule has 1 atom stereocenters. The number of esters is 2. The van der Waals surface area contributed by atoms with Crippen molar-refractivity contribution in [3.63, 3.8) is 0 Å². The molecule has 4 nitrogen and oxygen atoms in total. The molecule has 0 aromatic heterocycles. The zero-order chi connectivity index (χ0) is 11.8. The van der Waals surface area contributed by atoms with Crippen LogP contribution in [0.3, 0.4) is 0 Å². The van der Waals surface area contributed by atoms with Crippen LogP contribution in [0.25, 0.3) is 0 Å². The highest BCUT2D eigenvalue weighted by atomic mass is 16.7. The third-order valence-corrected chi connectivity index (χ3v) is 1.67. The van der Waals surface area contributed by atoms with Gasteiger partial charge in [0.1, 0.15) is 0 Å². The van der Waals surface area contributed by atoms with Crippen molar-refractivity contribution < 1.29 is 19.1 Å². The van der Waals surface area contributed by atoms with Crippen LogP contribution in [-0.4, -0.2) is 18.2 Å². The van der Waals surface area contributed by atoms with Crippen LogP contribution in [0.2, 0.25) is 0 Å². The van der Waals surface area contributed by atoms with E-state index < -0.39 is 18.2 Å². The van der Waals surface area contributed by atoms with Crippen molar-refractivity contribution in [1.82, 2.24) is 0 Å². The lowest BCUT2D eigenvalue weighted by molar-refractivity contribution is -0.181. The summed E-state index contributed by atoms with van der Waals surface area (Å²) in [5.41, 5.74) is 0.350. The number of hydrogen-bond acceptors (Lipinski definition) is 4. The van der Waals surface area contributed by atoms with Gasteiger partial charge in [-0.1, -0.05) is 20.4 Å². The van der Waals surface area contributed by atoms with E-state index >= 15 is 0 Å². The molecule has 0 aromatic carbocycles. The lowest BCUT2D eigenvalue weighted by Gasteiger charge is -2.21. The molecule has 1 unspecified atom stereocenters. The summed E-state index contributed by atoms with van der Waals surface area (Å²) in [6, 6.07) is 0. The maximum atomic E-state index is 11.3. The molecule has 0 rings (SSSR count). The van der Waals surface area contributed by atoms with Crippen molar-refractivity contribution >= 4 is 11.9 Å². The van der Waals surface area contributed by atoms with Gasteiger partial charge in [-0.2, -0.15) is 0 Å². The van der Waals surface area contributed by atoms with E-state index in [2.05, 4.69) is 12.7 Å². The van der Waals surface area contributed by atoms with Crippen LogP contribution in [0.4, 0.5) is 0 Å². The molecule has 0 N–H and O–H groups in total. The minimum Gasteiger partial charge on any atom is -0.513 e. The van der Waals surface area contributed by atoms with E-state index in [0.717, 1.165) is 6.08 Å². The number of allylic oxidation sites excluding steroid dienone is 1. The van der Waals surface area contributed by atoms with Crippen molar-refractivity contribution in [3.8, 4) is 0 Å². The molecule has 0 fully saturated rings. The first-order valence-electron chi connectivity index (χ1n) is 4.60. The molecule has 0 spiro atoms. The number of carbonyl (C=O) groups excluding carboxylic acids is 2. The molecular formula is C11H15O4-.